The van der Waals surface area contributed by atoms with Crippen LogP contribution < -0.4 is 0 Å². The number of fused-ring (bicyclic) bond motifs is 1. The number of carbonyl (C=O) groups excluding carboxylic acids is 1. The number of methoxy groups -OCH3 is 1. The number of aromatic nitrogens is 2. The van der Waals surface area contributed by atoms with E-state index in [1.165, 1.54) is 7.11 Å². The summed E-state index contributed by atoms with van der Waals surface area (Å²) in [6.07, 6.45) is 3.76. The predicted octanol–water partition coefficient (Wildman–Crippen LogP) is 2.79. The number of hydrogen-bond acceptors (Lipinski definition) is 3. The molecule has 0 aliphatic carbocycles. The molecule has 1 aromatic carbocycles. The van der Waals surface area contributed by atoms with Crippen LogP contribution in [0.5, 0.6) is 0 Å². The zero-order valence-electron chi connectivity index (χ0n) is 10.4. The van der Waals surface area contributed by atoms with Crippen LogP contribution in [0, 0.1) is 0 Å². The molecule has 0 aliphatic rings. The van der Waals surface area contributed by atoms with Crippen LogP contribution in [0.15, 0.2) is 54.9 Å². The van der Waals surface area contributed by atoms with E-state index in [9.17, 15) is 4.79 Å². The van der Waals surface area contributed by atoms with Crippen molar-refractivity contribution in [1.29, 1.82) is 0 Å². The lowest BCUT2D eigenvalue weighted by molar-refractivity contribution is 0.0602. The molecule has 0 atom stereocenters. The molecular weight excluding hydrogens is 240 g/mol. The fourth-order valence-corrected chi connectivity index (χ4v) is 2.03. The molecule has 0 unspecified atom stereocenters. The smallest absolute Gasteiger partial charge is 0.341 e. The zero-order valence-corrected chi connectivity index (χ0v) is 10.4. The summed E-state index contributed by atoms with van der Waals surface area (Å²) in [5.41, 5.74) is 2.92. The number of benzene rings is 1. The number of pyridine rings is 1. The van der Waals surface area contributed by atoms with Crippen molar-refractivity contribution in [3.63, 3.8) is 0 Å². The van der Waals surface area contributed by atoms with Crippen LogP contribution in [0.3, 0.4) is 0 Å². The fourth-order valence-electron chi connectivity index (χ4n) is 2.03. The summed E-state index contributed by atoms with van der Waals surface area (Å²) in [4.78, 5) is 16.2. The third-order valence-electron chi connectivity index (χ3n) is 2.96. The topological polar surface area (TPSA) is 43.6 Å². The molecule has 19 heavy (non-hydrogen) atoms. The molecule has 3 rings (SSSR count). The van der Waals surface area contributed by atoms with E-state index < -0.39 is 0 Å². The van der Waals surface area contributed by atoms with Crippen LogP contribution in [0.25, 0.3) is 16.9 Å². The minimum absolute atomic E-state index is 0.379. The molecule has 94 valence electrons. The Hall–Kier alpha value is -2.62. The monoisotopic (exact) mass is 252 g/mol. The van der Waals surface area contributed by atoms with Crippen LogP contribution in [0.1, 0.15) is 10.4 Å². The molecule has 0 fully saturated rings. The van der Waals surface area contributed by atoms with Gasteiger partial charge in [0.05, 0.1) is 12.8 Å². The van der Waals surface area contributed by atoms with Crippen molar-refractivity contribution in [2.24, 2.45) is 0 Å². The molecule has 0 spiro atoms. The van der Waals surface area contributed by atoms with Gasteiger partial charge in [-0.2, -0.15) is 0 Å². The van der Waals surface area contributed by atoms with Gasteiger partial charge >= 0.3 is 5.97 Å². The second-order valence-corrected chi connectivity index (χ2v) is 4.14. The number of carbonyl (C=O) groups is 1. The van der Waals surface area contributed by atoms with Crippen molar-refractivity contribution in [3.8, 4) is 11.3 Å². The summed E-state index contributed by atoms with van der Waals surface area (Å²) in [7, 11) is 1.37. The molecule has 4 nitrogen and oxygen atoms in total. The summed E-state index contributed by atoms with van der Waals surface area (Å²) in [5.74, 6) is -0.379. The average Bonchev–Trinajstić information content (AvgIpc) is 2.91. The van der Waals surface area contributed by atoms with E-state index in [1.807, 2.05) is 47.1 Å². The van der Waals surface area contributed by atoms with Gasteiger partial charge in [0.25, 0.3) is 0 Å². The van der Waals surface area contributed by atoms with E-state index in [4.69, 9.17) is 4.74 Å². The van der Waals surface area contributed by atoms with Crippen molar-refractivity contribution in [3.05, 3.63) is 60.4 Å². The van der Waals surface area contributed by atoms with Crippen molar-refractivity contribution in [2.75, 3.05) is 7.11 Å². The van der Waals surface area contributed by atoms with E-state index >= 15 is 0 Å². The first kappa shape index (κ1) is 11.5. The molecule has 0 amide bonds. The largest absolute Gasteiger partial charge is 0.465 e. The van der Waals surface area contributed by atoms with E-state index in [0.29, 0.717) is 11.2 Å². The first-order valence-electron chi connectivity index (χ1n) is 5.91. The van der Waals surface area contributed by atoms with Gasteiger partial charge in [0.1, 0.15) is 5.56 Å². The van der Waals surface area contributed by atoms with Gasteiger partial charge < -0.3 is 9.14 Å². The summed E-state index contributed by atoms with van der Waals surface area (Å²) < 4.78 is 6.60. The number of nitrogens with zero attached hydrogens (tertiary/aromatic N) is 2. The molecule has 0 saturated carbocycles. The molecule has 0 aliphatic heterocycles. The Balaban J connectivity index is 2.19. The zero-order chi connectivity index (χ0) is 13.2. The normalized spacial score (nSPS) is 10.6. The summed E-state index contributed by atoms with van der Waals surface area (Å²) in [6, 6.07) is 13.4. The van der Waals surface area contributed by atoms with Crippen molar-refractivity contribution < 1.29 is 9.53 Å². The molecule has 0 radical (unpaired) electrons. The van der Waals surface area contributed by atoms with Crippen LogP contribution in [0.4, 0.5) is 0 Å². The number of ether oxygens (including phenoxy) is 1. The lowest BCUT2D eigenvalue weighted by Gasteiger charge is -2.00. The van der Waals surface area contributed by atoms with Gasteiger partial charge in [-0.05, 0) is 12.1 Å². The first-order chi connectivity index (χ1) is 9.29. The Morgan fingerprint density at radius 2 is 1.95 bits per heavy atom. The third kappa shape index (κ3) is 1.97. The van der Waals surface area contributed by atoms with Crippen LogP contribution in [-0.2, 0) is 4.74 Å². The Kier molecular flexibility index (Phi) is 2.76. The molecule has 0 saturated heterocycles. The first-order valence-corrected chi connectivity index (χ1v) is 5.91. The summed E-state index contributed by atoms with van der Waals surface area (Å²) >= 11 is 0. The maximum atomic E-state index is 11.7. The molecular formula is C15H12N2O2. The second kappa shape index (κ2) is 4.57. The van der Waals surface area contributed by atoms with Gasteiger partial charge in [-0.3, -0.25) is 0 Å². The standard InChI is InChI=1S/C15H12N2O2/c1-19-15(18)12-8-5-9-17-10-13(16-14(12)17)11-6-3-2-4-7-11/h2-10H,1H3. The Morgan fingerprint density at radius 1 is 1.16 bits per heavy atom. The lowest BCUT2D eigenvalue weighted by atomic mass is 10.2. The number of esters is 1. The summed E-state index contributed by atoms with van der Waals surface area (Å²) in [6.45, 7) is 0. The van der Waals surface area contributed by atoms with Crippen molar-refractivity contribution in [1.82, 2.24) is 9.38 Å². The maximum Gasteiger partial charge on any atom is 0.341 e. The van der Waals surface area contributed by atoms with Crippen LogP contribution in [0.2, 0.25) is 0 Å². The number of rotatable bonds is 2. The lowest BCUT2D eigenvalue weighted by Crippen LogP contribution is -2.03. The van der Waals surface area contributed by atoms with E-state index in [0.717, 1.165) is 11.3 Å². The molecule has 0 bridgehead atoms. The third-order valence-corrected chi connectivity index (χ3v) is 2.96. The van der Waals surface area contributed by atoms with Gasteiger partial charge in [0.15, 0.2) is 5.65 Å². The minimum Gasteiger partial charge on any atom is -0.465 e. The van der Waals surface area contributed by atoms with Gasteiger partial charge in [0, 0.05) is 18.0 Å². The SMILES string of the molecule is COC(=O)c1cccn2cc(-c3ccccc3)nc12. The Labute approximate surface area is 110 Å². The van der Waals surface area contributed by atoms with Gasteiger partial charge in [0.2, 0.25) is 0 Å². The van der Waals surface area contributed by atoms with E-state index in [-0.39, 0.29) is 5.97 Å². The fraction of sp³-hybridized carbons (Fsp3) is 0.0667. The Bertz CT molecular complexity index is 732. The van der Waals surface area contributed by atoms with Crippen molar-refractivity contribution in [2.45, 2.75) is 0 Å². The average molecular weight is 252 g/mol. The van der Waals surface area contributed by atoms with E-state index in [1.54, 1.807) is 12.1 Å². The Morgan fingerprint density at radius 3 is 2.68 bits per heavy atom. The van der Waals surface area contributed by atoms with Gasteiger partial charge in [-0.15, -0.1) is 0 Å². The van der Waals surface area contributed by atoms with Crippen LogP contribution in [-0.4, -0.2) is 22.5 Å². The number of hydrogen-bond donors (Lipinski definition) is 0. The molecule has 4 heteroatoms. The van der Waals surface area contributed by atoms with Crippen molar-refractivity contribution >= 4 is 11.6 Å². The second-order valence-electron chi connectivity index (χ2n) is 4.14. The molecule has 2 heterocycles. The quantitative estimate of drug-likeness (QED) is 0.659. The highest BCUT2D eigenvalue weighted by molar-refractivity contribution is 5.96. The molecule has 3 aromatic rings. The van der Waals surface area contributed by atoms with Crippen LogP contribution >= 0.6 is 0 Å². The highest BCUT2D eigenvalue weighted by Gasteiger charge is 2.13. The minimum atomic E-state index is -0.379. The molecule has 2 aromatic heterocycles. The highest BCUT2D eigenvalue weighted by Crippen LogP contribution is 2.20. The molecule has 0 N–H and O–H groups in total. The van der Waals surface area contributed by atoms with Gasteiger partial charge in [-0.25, -0.2) is 9.78 Å². The summed E-state index contributed by atoms with van der Waals surface area (Å²) in [5, 5.41) is 0. The predicted molar refractivity (Wildman–Crippen MR) is 72.0 cm³/mol. The number of imidazole rings is 1. The van der Waals surface area contributed by atoms with Gasteiger partial charge in [-0.1, -0.05) is 30.3 Å². The highest BCUT2D eigenvalue weighted by atomic mass is 16.5. The van der Waals surface area contributed by atoms with E-state index in [2.05, 4.69) is 4.98 Å². The maximum absolute atomic E-state index is 11.7.